The number of fused-ring (bicyclic) bond motifs is 1. The Balaban J connectivity index is 1.77. The van der Waals surface area contributed by atoms with Crippen LogP contribution < -0.4 is 10.2 Å². The number of nitrogens with one attached hydrogen (secondary N) is 1. The SMILES string of the molecule is CC1(C)Cc2c(nn(-c3cccc(Oc4ccccc4)c3)c(=N)c2C#N)CO1. The minimum atomic E-state index is -0.373. The van der Waals surface area contributed by atoms with E-state index in [-0.39, 0.29) is 11.1 Å². The highest BCUT2D eigenvalue weighted by molar-refractivity contribution is 5.44. The Morgan fingerprint density at radius 1 is 1.14 bits per heavy atom. The first-order chi connectivity index (χ1) is 13.5. The standard InChI is InChI=1S/C22H20N4O2/c1-22(2)12-18-19(13-23)21(24)26(25-20(18)14-27-22)15-7-6-10-17(11-15)28-16-8-4-3-5-9-16/h3-11,24H,12,14H2,1-2H3. The van der Waals surface area contributed by atoms with Crippen molar-refractivity contribution in [2.45, 2.75) is 32.5 Å². The molecule has 0 amide bonds. The Bertz CT molecular complexity index is 1130. The smallest absolute Gasteiger partial charge is 0.164 e. The number of aromatic nitrogens is 2. The van der Waals surface area contributed by atoms with Gasteiger partial charge in [-0.2, -0.15) is 10.4 Å². The second kappa shape index (κ2) is 6.95. The molecule has 4 rings (SSSR count). The van der Waals surface area contributed by atoms with E-state index in [1.165, 1.54) is 4.68 Å². The van der Waals surface area contributed by atoms with Crippen molar-refractivity contribution >= 4 is 0 Å². The number of ether oxygens (including phenoxy) is 2. The van der Waals surface area contributed by atoms with Crippen molar-refractivity contribution in [3.8, 4) is 23.3 Å². The van der Waals surface area contributed by atoms with Crippen molar-refractivity contribution in [2.75, 3.05) is 0 Å². The summed E-state index contributed by atoms with van der Waals surface area (Å²) in [7, 11) is 0. The first-order valence-corrected chi connectivity index (χ1v) is 9.04. The Morgan fingerprint density at radius 2 is 1.89 bits per heavy atom. The Labute approximate surface area is 163 Å². The predicted octanol–water partition coefficient (Wildman–Crippen LogP) is 3.87. The third-order valence-electron chi connectivity index (χ3n) is 4.67. The average molecular weight is 372 g/mol. The number of nitriles is 1. The van der Waals surface area contributed by atoms with Crippen LogP contribution in [0.3, 0.4) is 0 Å². The molecule has 6 nitrogen and oxygen atoms in total. The van der Waals surface area contributed by atoms with Crippen LogP contribution >= 0.6 is 0 Å². The molecule has 0 atom stereocenters. The zero-order chi connectivity index (χ0) is 19.7. The molecule has 0 fully saturated rings. The third-order valence-corrected chi connectivity index (χ3v) is 4.67. The summed E-state index contributed by atoms with van der Waals surface area (Å²) in [5, 5.41) is 22.8. The van der Waals surface area contributed by atoms with Gasteiger partial charge in [-0.15, -0.1) is 0 Å². The maximum Gasteiger partial charge on any atom is 0.164 e. The van der Waals surface area contributed by atoms with Crippen LogP contribution in [0.1, 0.15) is 30.7 Å². The van der Waals surface area contributed by atoms with Gasteiger partial charge in [0, 0.05) is 18.1 Å². The van der Waals surface area contributed by atoms with Gasteiger partial charge in [0.15, 0.2) is 5.49 Å². The van der Waals surface area contributed by atoms with E-state index in [1.807, 2.05) is 62.4 Å². The fourth-order valence-corrected chi connectivity index (χ4v) is 3.28. The van der Waals surface area contributed by atoms with Gasteiger partial charge in [0.05, 0.1) is 23.6 Å². The van der Waals surface area contributed by atoms with E-state index in [9.17, 15) is 5.26 Å². The lowest BCUT2D eigenvalue weighted by Crippen LogP contribution is -2.37. The minimum Gasteiger partial charge on any atom is -0.457 e. The molecule has 6 heteroatoms. The molecular weight excluding hydrogens is 352 g/mol. The number of hydrogen-bond donors (Lipinski definition) is 1. The summed E-state index contributed by atoms with van der Waals surface area (Å²) in [5.74, 6) is 1.36. The molecule has 28 heavy (non-hydrogen) atoms. The fraction of sp³-hybridized carbons (Fsp3) is 0.227. The number of benzene rings is 2. The summed E-state index contributed by atoms with van der Waals surface area (Å²) >= 11 is 0. The molecule has 140 valence electrons. The van der Waals surface area contributed by atoms with Crippen molar-refractivity contribution in [3.63, 3.8) is 0 Å². The maximum absolute atomic E-state index is 9.69. The van der Waals surface area contributed by atoms with Crippen LogP contribution in [0.5, 0.6) is 11.5 Å². The first kappa shape index (κ1) is 18.0. The number of rotatable bonds is 3. The summed E-state index contributed by atoms with van der Waals surface area (Å²) in [6.07, 6.45) is 0.558. The van der Waals surface area contributed by atoms with Gasteiger partial charge >= 0.3 is 0 Å². The molecule has 1 aliphatic heterocycles. The molecule has 3 aromatic rings. The average Bonchev–Trinajstić information content (AvgIpc) is 2.68. The quantitative estimate of drug-likeness (QED) is 0.756. The highest BCUT2D eigenvalue weighted by Gasteiger charge is 2.30. The van der Waals surface area contributed by atoms with Gasteiger partial charge in [-0.05, 0) is 38.1 Å². The molecule has 0 saturated heterocycles. The first-order valence-electron chi connectivity index (χ1n) is 9.04. The van der Waals surface area contributed by atoms with Crippen LogP contribution in [0.2, 0.25) is 0 Å². The molecule has 1 aromatic heterocycles. The maximum atomic E-state index is 9.69. The second-order valence-corrected chi connectivity index (χ2v) is 7.31. The van der Waals surface area contributed by atoms with Crippen molar-refractivity contribution < 1.29 is 9.47 Å². The van der Waals surface area contributed by atoms with E-state index in [0.717, 1.165) is 11.3 Å². The zero-order valence-electron chi connectivity index (χ0n) is 15.8. The van der Waals surface area contributed by atoms with E-state index in [0.29, 0.717) is 35.7 Å². The monoisotopic (exact) mass is 372 g/mol. The predicted molar refractivity (Wildman–Crippen MR) is 103 cm³/mol. The zero-order valence-corrected chi connectivity index (χ0v) is 15.8. The molecule has 0 bridgehead atoms. The largest absolute Gasteiger partial charge is 0.457 e. The van der Waals surface area contributed by atoms with Crippen LogP contribution in [-0.2, 0) is 17.8 Å². The molecule has 0 unspecified atom stereocenters. The molecule has 0 spiro atoms. The van der Waals surface area contributed by atoms with E-state index < -0.39 is 0 Å². The Hall–Kier alpha value is -3.43. The lowest BCUT2D eigenvalue weighted by atomic mass is 9.92. The van der Waals surface area contributed by atoms with Gasteiger partial charge in [-0.3, -0.25) is 5.41 Å². The van der Waals surface area contributed by atoms with Crippen LogP contribution in [0.25, 0.3) is 5.69 Å². The van der Waals surface area contributed by atoms with Gasteiger partial charge in [0.1, 0.15) is 23.1 Å². The van der Waals surface area contributed by atoms with E-state index in [1.54, 1.807) is 6.07 Å². The van der Waals surface area contributed by atoms with E-state index in [2.05, 4.69) is 11.2 Å². The Morgan fingerprint density at radius 3 is 2.64 bits per heavy atom. The third kappa shape index (κ3) is 3.40. The number of hydrogen-bond acceptors (Lipinski definition) is 5. The number of nitrogens with zero attached hydrogens (tertiary/aromatic N) is 3. The highest BCUT2D eigenvalue weighted by Crippen LogP contribution is 2.28. The van der Waals surface area contributed by atoms with Crippen molar-refractivity contribution in [1.82, 2.24) is 9.78 Å². The molecule has 1 N–H and O–H groups in total. The van der Waals surface area contributed by atoms with Crippen molar-refractivity contribution in [2.24, 2.45) is 0 Å². The topological polar surface area (TPSA) is 83.9 Å². The van der Waals surface area contributed by atoms with Crippen molar-refractivity contribution in [1.29, 1.82) is 10.7 Å². The molecule has 0 aliphatic carbocycles. The van der Waals surface area contributed by atoms with Gasteiger partial charge in [-0.25, -0.2) is 4.68 Å². The number of para-hydroxylation sites is 1. The summed E-state index contributed by atoms with van der Waals surface area (Å²) < 4.78 is 13.2. The van der Waals surface area contributed by atoms with Crippen molar-refractivity contribution in [3.05, 3.63) is 76.9 Å². The second-order valence-electron chi connectivity index (χ2n) is 7.31. The lowest BCUT2D eigenvalue weighted by molar-refractivity contribution is -0.0428. The summed E-state index contributed by atoms with van der Waals surface area (Å²) in [5.41, 5.74) is 2.19. The molecule has 0 radical (unpaired) electrons. The van der Waals surface area contributed by atoms with E-state index in [4.69, 9.17) is 14.9 Å². The van der Waals surface area contributed by atoms with Gasteiger partial charge < -0.3 is 9.47 Å². The Kier molecular flexibility index (Phi) is 4.46. The van der Waals surface area contributed by atoms with Crippen LogP contribution in [-0.4, -0.2) is 15.4 Å². The normalized spacial score (nSPS) is 14.8. The molecule has 2 heterocycles. The molecule has 1 aliphatic rings. The molecule has 0 saturated carbocycles. The van der Waals surface area contributed by atoms with Crippen LogP contribution in [0.15, 0.2) is 54.6 Å². The lowest BCUT2D eigenvalue weighted by Gasteiger charge is -2.31. The van der Waals surface area contributed by atoms with Crippen LogP contribution in [0.4, 0.5) is 0 Å². The van der Waals surface area contributed by atoms with Gasteiger partial charge in [-0.1, -0.05) is 24.3 Å². The molecule has 2 aromatic carbocycles. The minimum absolute atomic E-state index is 0.0656. The molecular formula is C22H20N4O2. The van der Waals surface area contributed by atoms with Crippen LogP contribution in [0, 0.1) is 16.7 Å². The van der Waals surface area contributed by atoms with Gasteiger partial charge in [0.2, 0.25) is 0 Å². The summed E-state index contributed by atoms with van der Waals surface area (Å²) in [6.45, 7) is 4.27. The van der Waals surface area contributed by atoms with Gasteiger partial charge in [0.25, 0.3) is 0 Å². The van der Waals surface area contributed by atoms with E-state index >= 15 is 0 Å². The summed E-state index contributed by atoms with van der Waals surface area (Å²) in [6, 6.07) is 19.0. The highest BCUT2D eigenvalue weighted by atomic mass is 16.5. The fourth-order valence-electron chi connectivity index (χ4n) is 3.28. The summed E-state index contributed by atoms with van der Waals surface area (Å²) in [4.78, 5) is 0.